The summed E-state index contributed by atoms with van der Waals surface area (Å²) in [5.74, 6) is 0.804. The minimum absolute atomic E-state index is 0. The van der Waals surface area contributed by atoms with Gasteiger partial charge in [0.15, 0.2) is 0 Å². The predicted octanol–water partition coefficient (Wildman–Crippen LogP) is 2.83. The van der Waals surface area contributed by atoms with E-state index in [4.69, 9.17) is 0 Å². The Balaban J connectivity index is 0.00000176. The Hall–Kier alpha value is -1.36. The number of nitrogens with one attached hydrogen (secondary N) is 2. The van der Waals surface area contributed by atoms with E-state index in [9.17, 15) is 0 Å². The SMILES string of the molecule is Cl.c1ccc(CN(Cc2ccn[nH]2)CC2CCNCC2)cc1. The molecule has 2 aromatic rings. The van der Waals surface area contributed by atoms with E-state index in [1.807, 2.05) is 6.20 Å². The molecule has 2 heterocycles. The molecule has 0 unspecified atom stereocenters. The van der Waals surface area contributed by atoms with Crippen LogP contribution in [0.4, 0.5) is 0 Å². The maximum absolute atomic E-state index is 4.07. The second-order valence-corrected chi connectivity index (χ2v) is 5.93. The van der Waals surface area contributed by atoms with Gasteiger partial charge < -0.3 is 5.32 Å². The maximum atomic E-state index is 4.07. The van der Waals surface area contributed by atoms with Crippen molar-refractivity contribution in [3.63, 3.8) is 0 Å². The second kappa shape index (κ2) is 8.93. The molecule has 1 aliphatic heterocycles. The summed E-state index contributed by atoms with van der Waals surface area (Å²) in [5.41, 5.74) is 2.57. The normalized spacial score (nSPS) is 15.7. The largest absolute Gasteiger partial charge is 0.317 e. The van der Waals surface area contributed by atoms with Crippen LogP contribution in [0.3, 0.4) is 0 Å². The average molecular weight is 321 g/mol. The van der Waals surface area contributed by atoms with Crippen LogP contribution in [0, 0.1) is 5.92 Å². The molecule has 0 atom stereocenters. The molecular formula is C17H25ClN4. The van der Waals surface area contributed by atoms with E-state index in [2.05, 4.69) is 56.8 Å². The number of halogens is 1. The zero-order chi connectivity index (χ0) is 14.3. The lowest BCUT2D eigenvalue weighted by Crippen LogP contribution is -2.35. The van der Waals surface area contributed by atoms with Crippen LogP contribution in [0.5, 0.6) is 0 Å². The van der Waals surface area contributed by atoms with Gasteiger partial charge in [-0.1, -0.05) is 30.3 Å². The molecule has 1 aromatic carbocycles. The fourth-order valence-corrected chi connectivity index (χ4v) is 3.07. The molecule has 1 aliphatic rings. The van der Waals surface area contributed by atoms with Gasteiger partial charge in [0.05, 0.1) is 0 Å². The lowest BCUT2D eigenvalue weighted by Gasteiger charge is -2.30. The van der Waals surface area contributed by atoms with Crippen molar-refractivity contribution in [3.8, 4) is 0 Å². The first-order valence-corrected chi connectivity index (χ1v) is 7.85. The van der Waals surface area contributed by atoms with Crippen molar-refractivity contribution in [2.45, 2.75) is 25.9 Å². The molecule has 1 fully saturated rings. The number of aromatic nitrogens is 2. The molecule has 3 rings (SSSR count). The highest BCUT2D eigenvalue weighted by Crippen LogP contribution is 2.17. The van der Waals surface area contributed by atoms with Crippen LogP contribution in [-0.4, -0.2) is 34.7 Å². The Morgan fingerprint density at radius 2 is 1.82 bits per heavy atom. The first-order valence-electron chi connectivity index (χ1n) is 7.85. The summed E-state index contributed by atoms with van der Waals surface area (Å²) < 4.78 is 0. The van der Waals surface area contributed by atoms with Crippen molar-refractivity contribution in [1.29, 1.82) is 0 Å². The van der Waals surface area contributed by atoms with E-state index in [0.29, 0.717) is 0 Å². The van der Waals surface area contributed by atoms with E-state index < -0.39 is 0 Å². The van der Waals surface area contributed by atoms with Crippen molar-refractivity contribution >= 4 is 12.4 Å². The number of nitrogens with zero attached hydrogens (tertiary/aromatic N) is 2. The van der Waals surface area contributed by atoms with E-state index >= 15 is 0 Å². The number of benzene rings is 1. The number of H-pyrrole nitrogens is 1. The monoisotopic (exact) mass is 320 g/mol. The smallest absolute Gasteiger partial charge is 0.0492 e. The van der Waals surface area contributed by atoms with Crippen LogP contribution in [0.15, 0.2) is 42.6 Å². The molecule has 0 amide bonds. The Morgan fingerprint density at radius 3 is 2.50 bits per heavy atom. The van der Waals surface area contributed by atoms with Crippen molar-refractivity contribution in [2.75, 3.05) is 19.6 Å². The zero-order valence-corrected chi connectivity index (χ0v) is 13.7. The van der Waals surface area contributed by atoms with Crippen molar-refractivity contribution in [1.82, 2.24) is 20.4 Å². The zero-order valence-electron chi connectivity index (χ0n) is 12.9. The fraction of sp³-hybridized carbons (Fsp3) is 0.471. The van der Waals surface area contributed by atoms with E-state index in [-0.39, 0.29) is 12.4 Å². The van der Waals surface area contributed by atoms with Gasteiger partial charge in [-0.3, -0.25) is 10.00 Å². The minimum atomic E-state index is 0. The van der Waals surface area contributed by atoms with Gasteiger partial charge in [-0.15, -0.1) is 12.4 Å². The summed E-state index contributed by atoms with van der Waals surface area (Å²) in [4.78, 5) is 2.54. The minimum Gasteiger partial charge on any atom is -0.317 e. The molecule has 0 bridgehead atoms. The number of hydrogen-bond acceptors (Lipinski definition) is 3. The number of rotatable bonds is 6. The number of piperidine rings is 1. The molecule has 0 spiro atoms. The van der Waals surface area contributed by atoms with E-state index in [1.165, 1.54) is 24.1 Å². The standard InChI is InChI=1S/C17H24N4.ClH/c1-2-4-15(5-3-1)12-21(14-17-8-11-19-20-17)13-16-6-9-18-10-7-16;/h1-5,8,11,16,18H,6-7,9-10,12-14H2,(H,19,20);1H. The summed E-state index contributed by atoms with van der Waals surface area (Å²) in [6.07, 6.45) is 4.41. The summed E-state index contributed by atoms with van der Waals surface area (Å²) in [5, 5.41) is 10.6. The van der Waals surface area contributed by atoms with Crippen LogP contribution in [-0.2, 0) is 13.1 Å². The first kappa shape index (κ1) is 17.0. The van der Waals surface area contributed by atoms with Gasteiger partial charge in [0, 0.05) is 31.5 Å². The third-order valence-corrected chi connectivity index (χ3v) is 4.18. The van der Waals surface area contributed by atoms with Gasteiger partial charge in [0.1, 0.15) is 0 Å². The van der Waals surface area contributed by atoms with Crippen LogP contribution < -0.4 is 5.32 Å². The summed E-state index contributed by atoms with van der Waals surface area (Å²) in [6, 6.07) is 12.8. The third-order valence-electron chi connectivity index (χ3n) is 4.18. The highest BCUT2D eigenvalue weighted by atomic mass is 35.5. The average Bonchev–Trinajstić information content (AvgIpc) is 3.02. The molecule has 4 nitrogen and oxygen atoms in total. The predicted molar refractivity (Wildman–Crippen MR) is 92.0 cm³/mol. The lowest BCUT2D eigenvalue weighted by molar-refractivity contribution is 0.189. The topological polar surface area (TPSA) is 44.0 Å². The lowest BCUT2D eigenvalue weighted by atomic mass is 9.97. The van der Waals surface area contributed by atoms with Crippen molar-refractivity contribution in [2.24, 2.45) is 5.92 Å². The molecule has 5 heteroatoms. The van der Waals surface area contributed by atoms with Gasteiger partial charge in [-0.25, -0.2) is 0 Å². The van der Waals surface area contributed by atoms with Crippen molar-refractivity contribution < 1.29 is 0 Å². The molecule has 1 aromatic heterocycles. The molecule has 0 saturated carbocycles. The molecule has 120 valence electrons. The third kappa shape index (κ3) is 5.13. The summed E-state index contributed by atoms with van der Waals surface area (Å²) in [7, 11) is 0. The Bertz CT molecular complexity index is 509. The maximum Gasteiger partial charge on any atom is 0.0492 e. The van der Waals surface area contributed by atoms with Crippen LogP contribution in [0.1, 0.15) is 24.1 Å². The van der Waals surface area contributed by atoms with Gasteiger partial charge >= 0.3 is 0 Å². The molecule has 22 heavy (non-hydrogen) atoms. The Morgan fingerprint density at radius 1 is 1.05 bits per heavy atom. The Kier molecular flexibility index (Phi) is 6.90. The van der Waals surface area contributed by atoms with Gasteiger partial charge in [-0.05, 0) is 43.5 Å². The molecule has 2 N–H and O–H groups in total. The molecule has 1 saturated heterocycles. The van der Waals surface area contributed by atoms with Gasteiger partial charge in [0.25, 0.3) is 0 Å². The van der Waals surface area contributed by atoms with Gasteiger partial charge in [0.2, 0.25) is 0 Å². The fourth-order valence-electron chi connectivity index (χ4n) is 3.07. The molecule has 0 aliphatic carbocycles. The van der Waals surface area contributed by atoms with E-state index in [1.54, 1.807) is 0 Å². The quantitative estimate of drug-likeness (QED) is 0.860. The van der Waals surface area contributed by atoms with Gasteiger partial charge in [-0.2, -0.15) is 5.10 Å². The summed E-state index contributed by atoms with van der Waals surface area (Å²) in [6.45, 7) is 5.43. The number of hydrogen-bond donors (Lipinski definition) is 2. The van der Waals surface area contributed by atoms with Crippen LogP contribution in [0.2, 0.25) is 0 Å². The van der Waals surface area contributed by atoms with Crippen molar-refractivity contribution in [3.05, 3.63) is 53.9 Å². The molecular weight excluding hydrogens is 296 g/mol. The number of aromatic amines is 1. The van der Waals surface area contributed by atoms with Crippen LogP contribution in [0.25, 0.3) is 0 Å². The van der Waals surface area contributed by atoms with E-state index in [0.717, 1.165) is 38.6 Å². The van der Waals surface area contributed by atoms with Crippen LogP contribution >= 0.6 is 12.4 Å². The Labute approximate surface area is 138 Å². The first-order chi connectivity index (χ1) is 10.4. The molecule has 0 radical (unpaired) electrons. The highest BCUT2D eigenvalue weighted by molar-refractivity contribution is 5.85. The highest BCUT2D eigenvalue weighted by Gasteiger charge is 2.17. The second-order valence-electron chi connectivity index (χ2n) is 5.93. The summed E-state index contributed by atoms with van der Waals surface area (Å²) >= 11 is 0.